The molecule has 2 heterocycles. The van der Waals surface area contributed by atoms with Gasteiger partial charge in [-0.15, -0.1) is 11.8 Å². The van der Waals surface area contributed by atoms with Crippen LogP contribution in [0, 0.1) is 0 Å². The van der Waals surface area contributed by atoms with Crippen molar-refractivity contribution >= 4 is 51.8 Å². The molecule has 0 bridgehead atoms. The highest BCUT2D eigenvalue weighted by Gasteiger charge is 2.22. The molecule has 0 aliphatic heterocycles. The van der Waals surface area contributed by atoms with E-state index >= 15 is 0 Å². The predicted octanol–water partition coefficient (Wildman–Crippen LogP) is 7.46. The van der Waals surface area contributed by atoms with Crippen molar-refractivity contribution in [2.24, 2.45) is 0 Å². The fourth-order valence-electron chi connectivity index (χ4n) is 4.48. The summed E-state index contributed by atoms with van der Waals surface area (Å²) in [5.41, 5.74) is 2.09. The molecule has 11 heteroatoms. The summed E-state index contributed by atoms with van der Waals surface area (Å²) in [5.74, 6) is 1.65. The second kappa shape index (κ2) is 13.2. The van der Waals surface area contributed by atoms with Gasteiger partial charge in [-0.3, -0.25) is 10.1 Å². The van der Waals surface area contributed by atoms with Crippen molar-refractivity contribution in [3.05, 3.63) is 90.8 Å². The number of rotatable bonds is 9. The molecule has 3 N–H and O–H groups in total. The maximum Gasteiger partial charge on any atom is 0.324 e. The molecule has 44 heavy (non-hydrogen) atoms. The normalized spacial score (nSPS) is 11.3. The monoisotopic (exact) mass is 610 g/mol. The lowest BCUT2D eigenvalue weighted by atomic mass is 9.92. The van der Waals surface area contributed by atoms with Crippen LogP contribution in [-0.2, 0) is 14.9 Å². The Kier molecular flexibility index (Phi) is 9.17. The standard InChI is InChI=1S/C33H34N6O4S/c1-33(2,3)28-19-30(39(38-28)21-10-12-23(44-5)13-11-21)37-32(41)35-26-14-15-27(25-9-7-6-8-24(25)26)43-22-16-17-34-29(18-22)36-31(40)20-42-4/h6-19H,20H2,1-5H3,(H,34,36,40)(H2,35,37,41). The highest BCUT2D eigenvalue weighted by Crippen LogP contribution is 2.35. The van der Waals surface area contributed by atoms with Crippen molar-refractivity contribution in [1.29, 1.82) is 0 Å². The van der Waals surface area contributed by atoms with Crippen LogP contribution in [0.5, 0.6) is 11.5 Å². The molecule has 0 fully saturated rings. The number of pyridine rings is 1. The van der Waals surface area contributed by atoms with Crippen LogP contribution in [0.25, 0.3) is 16.5 Å². The summed E-state index contributed by atoms with van der Waals surface area (Å²) in [5, 5.41) is 15.1. The van der Waals surface area contributed by atoms with E-state index in [0.29, 0.717) is 28.8 Å². The van der Waals surface area contributed by atoms with Crippen molar-refractivity contribution in [3.63, 3.8) is 0 Å². The van der Waals surface area contributed by atoms with Gasteiger partial charge in [-0.25, -0.2) is 14.5 Å². The second-order valence-electron chi connectivity index (χ2n) is 11.0. The first-order valence-corrected chi connectivity index (χ1v) is 15.1. The number of carbonyl (C=O) groups excluding carboxylic acids is 2. The molecule has 0 spiro atoms. The van der Waals surface area contributed by atoms with E-state index in [4.69, 9.17) is 14.6 Å². The number of amides is 3. The molecule has 10 nitrogen and oxygen atoms in total. The van der Waals surface area contributed by atoms with Gasteiger partial charge in [0.2, 0.25) is 0 Å². The highest BCUT2D eigenvalue weighted by atomic mass is 32.2. The molecule has 0 unspecified atom stereocenters. The number of aromatic nitrogens is 3. The Morgan fingerprint density at radius 1 is 0.909 bits per heavy atom. The first-order chi connectivity index (χ1) is 21.1. The third-order valence-electron chi connectivity index (χ3n) is 6.67. The molecule has 3 amide bonds. The van der Waals surface area contributed by atoms with E-state index in [-0.39, 0.29) is 17.9 Å². The number of methoxy groups -OCH3 is 1. The van der Waals surface area contributed by atoms with Crippen LogP contribution < -0.4 is 20.7 Å². The van der Waals surface area contributed by atoms with Crippen LogP contribution >= 0.6 is 11.8 Å². The smallest absolute Gasteiger partial charge is 0.324 e. The Bertz CT molecular complexity index is 1800. The van der Waals surface area contributed by atoms with Gasteiger partial charge in [-0.05, 0) is 48.7 Å². The average Bonchev–Trinajstić information content (AvgIpc) is 3.43. The minimum atomic E-state index is -0.406. The van der Waals surface area contributed by atoms with Crippen LogP contribution in [-0.4, -0.2) is 46.7 Å². The van der Waals surface area contributed by atoms with Crippen LogP contribution in [0.15, 0.2) is 90.0 Å². The fraction of sp³-hybridized carbons (Fsp3) is 0.212. The topological polar surface area (TPSA) is 119 Å². The summed E-state index contributed by atoms with van der Waals surface area (Å²) in [6, 6.07) is 24.1. The zero-order valence-corrected chi connectivity index (χ0v) is 26.0. The molecule has 0 saturated heterocycles. The number of nitrogens with zero attached hydrogens (tertiary/aromatic N) is 3. The van der Waals surface area contributed by atoms with Crippen LogP contribution in [0.3, 0.4) is 0 Å². The number of hydrogen-bond donors (Lipinski definition) is 3. The van der Waals surface area contributed by atoms with Gasteiger partial charge in [-0.1, -0.05) is 45.0 Å². The number of urea groups is 1. The molecule has 0 aliphatic carbocycles. The number of ether oxygens (including phenoxy) is 2. The number of anilines is 3. The van der Waals surface area contributed by atoms with Gasteiger partial charge in [0.1, 0.15) is 29.7 Å². The molecule has 5 rings (SSSR count). The first kappa shape index (κ1) is 30.6. The third kappa shape index (κ3) is 7.19. The third-order valence-corrected chi connectivity index (χ3v) is 7.41. The van der Waals surface area contributed by atoms with Crippen molar-refractivity contribution in [1.82, 2.24) is 14.8 Å². The van der Waals surface area contributed by atoms with E-state index in [2.05, 4.69) is 41.7 Å². The molecule has 5 aromatic rings. The summed E-state index contributed by atoms with van der Waals surface area (Å²) >= 11 is 1.66. The fourth-order valence-corrected chi connectivity index (χ4v) is 4.88. The van der Waals surface area contributed by atoms with E-state index in [9.17, 15) is 9.59 Å². The molecule has 0 atom stereocenters. The highest BCUT2D eigenvalue weighted by molar-refractivity contribution is 7.98. The summed E-state index contributed by atoms with van der Waals surface area (Å²) in [4.78, 5) is 30.6. The molecular weight excluding hydrogens is 576 g/mol. The summed E-state index contributed by atoms with van der Waals surface area (Å²) < 4.78 is 12.8. The van der Waals surface area contributed by atoms with E-state index in [1.165, 1.54) is 7.11 Å². The Morgan fingerprint density at radius 3 is 2.36 bits per heavy atom. The lowest BCUT2D eigenvalue weighted by Crippen LogP contribution is -2.21. The Morgan fingerprint density at radius 2 is 1.66 bits per heavy atom. The molecule has 0 saturated carbocycles. The van der Waals surface area contributed by atoms with E-state index in [1.807, 2.05) is 60.9 Å². The molecular formula is C33H34N6O4S. The first-order valence-electron chi connectivity index (χ1n) is 13.9. The molecule has 0 radical (unpaired) electrons. The van der Waals surface area contributed by atoms with Gasteiger partial charge in [0.25, 0.3) is 5.91 Å². The second-order valence-corrected chi connectivity index (χ2v) is 11.9. The zero-order valence-electron chi connectivity index (χ0n) is 25.2. The maximum atomic E-state index is 13.4. The number of benzene rings is 3. The zero-order chi connectivity index (χ0) is 31.3. The van der Waals surface area contributed by atoms with Gasteiger partial charge >= 0.3 is 6.03 Å². The van der Waals surface area contributed by atoms with Crippen LogP contribution in [0.2, 0.25) is 0 Å². The average molecular weight is 611 g/mol. The maximum absolute atomic E-state index is 13.4. The van der Waals surface area contributed by atoms with Crippen LogP contribution in [0.4, 0.5) is 22.1 Å². The van der Waals surface area contributed by atoms with Gasteiger partial charge in [0.05, 0.1) is 17.1 Å². The predicted molar refractivity (Wildman–Crippen MR) is 175 cm³/mol. The summed E-state index contributed by atoms with van der Waals surface area (Å²) in [6.07, 6.45) is 3.58. The van der Waals surface area contributed by atoms with Crippen molar-refractivity contribution < 1.29 is 19.1 Å². The lowest BCUT2D eigenvalue weighted by molar-refractivity contribution is -0.119. The molecule has 3 aromatic carbocycles. The van der Waals surface area contributed by atoms with Crippen molar-refractivity contribution in [2.75, 3.05) is 35.9 Å². The molecule has 0 aliphatic rings. The number of fused-ring (bicyclic) bond motifs is 1. The quantitative estimate of drug-likeness (QED) is 0.148. The number of thioether (sulfide) groups is 1. The number of carbonyl (C=O) groups is 2. The Hall–Kier alpha value is -4.87. The Labute approximate surface area is 260 Å². The van der Waals surface area contributed by atoms with Crippen molar-refractivity contribution in [2.45, 2.75) is 31.1 Å². The van der Waals surface area contributed by atoms with E-state index in [1.54, 1.807) is 46.9 Å². The van der Waals surface area contributed by atoms with Gasteiger partial charge in [0, 0.05) is 46.5 Å². The molecule has 2 aromatic heterocycles. The van der Waals surface area contributed by atoms with Crippen LogP contribution in [0.1, 0.15) is 26.5 Å². The van der Waals surface area contributed by atoms with E-state index in [0.717, 1.165) is 27.0 Å². The lowest BCUT2D eigenvalue weighted by Gasteiger charge is -2.15. The number of nitrogens with one attached hydrogen (secondary N) is 3. The number of hydrogen-bond acceptors (Lipinski definition) is 7. The van der Waals surface area contributed by atoms with E-state index < -0.39 is 6.03 Å². The largest absolute Gasteiger partial charge is 0.457 e. The Balaban J connectivity index is 1.38. The summed E-state index contributed by atoms with van der Waals surface area (Å²) in [6.45, 7) is 6.17. The summed E-state index contributed by atoms with van der Waals surface area (Å²) in [7, 11) is 1.45. The SMILES string of the molecule is COCC(=O)Nc1cc(Oc2ccc(NC(=O)Nc3cc(C(C)(C)C)nn3-c3ccc(SC)cc3)c3ccccc23)ccn1. The molecule has 226 valence electrons. The van der Waals surface area contributed by atoms with Gasteiger partial charge in [-0.2, -0.15) is 5.10 Å². The van der Waals surface area contributed by atoms with Gasteiger partial charge in [0.15, 0.2) is 0 Å². The minimum absolute atomic E-state index is 0.0785. The van der Waals surface area contributed by atoms with Gasteiger partial charge < -0.3 is 20.1 Å². The van der Waals surface area contributed by atoms with Crippen molar-refractivity contribution in [3.8, 4) is 17.2 Å². The minimum Gasteiger partial charge on any atom is -0.457 e.